The molecule has 0 radical (unpaired) electrons. The molecule has 1 aromatic rings. The summed E-state index contributed by atoms with van der Waals surface area (Å²) in [5, 5.41) is 2.87. The first-order valence-corrected chi connectivity index (χ1v) is 6.54. The number of rotatable bonds is 4. The molecule has 2 unspecified atom stereocenters. The van der Waals surface area contributed by atoms with E-state index in [-0.39, 0.29) is 23.9 Å². The van der Waals surface area contributed by atoms with Gasteiger partial charge in [0.2, 0.25) is 5.91 Å². The number of nitrogens with two attached hydrogens (primary N) is 1. The van der Waals surface area contributed by atoms with Crippen molar-refractivity contribution in [2.45, 2.75) is 31.7 Å². The van der Waals surface area contributed by atoms with Gasteiger partial charge in [0, 0.05) is 11.6 Å². The number of halogens is 2. The Bertz CT molecular complexity index is 465. The van der Waals surface area contributed by atoms with Crippen molar-refractivity contribution in [2.24, 2.45) is 11.7 Å². The van der Waals surface area contributed by atoms with E-state index >= 15 is 0 Å². The van der Waals surface area contributed by atoms with Gasteiger partial charge in [0.25, 0.3) is 0 Å². The van der Waals surface area contributed by atoms with Gasteiger partial charge in [0.05, 0.1) is 6.42 Å². The van der Waals surface area contributed by atoms with Crippen molar-refractivity contribution < 1.29 is 13.6 Å². The Morgan fingerprint density at radius 3 is 2.89 bits per heavy atom. The number of carbonyl (C=O) groups excluding carboxylic acids is 1. The monoisotopic (exact) mass is 268 g/mol. The van der Waals surface area contributed by atoms with Gasteiger partial charge in [-0.2, -0.15) is 0 Å². The zero-order valence-electron chi connectivity index (χ0n) is 10.7. The predicted molar refractivity (Wildman–Crippen MR) is 68.4 cm³/mol. The van der Waals surface area contributed by atoms with E-state index in [1.807, 2.05) is 0 Å². The molecular weight excluding hydrogens is 250 g/mol. The maximum absolute atomic E-state index is 13.4. The van der Waals surface area contributed by atoms with Gasteiger partial charge in [-0.3, -0.25) is 4.79 Å². The average molecular weight is 268 g/mol. The van der Waals surface area contributed by atoms with Gasteiger partial charge < -0.3 is 11.1 Å². The van der Waals surface area contributed by atoms with E-state index in [9.17, 15) is 13.6 Å². The summed E-state index contributed by atoms with van der Waals surface area (Å²) in [5.41, 5.74) is 5.72. The molecule has 0 bridgehead atoms. The Morgan fingerprint density at radius 1 is 1.37 bits per heavy atom. The van der Waals surface area contributed by atoms with E-state index in [0.29, 0.717) is 12.5 Å². The molecule has 1 aliphatic rings. The lowest BCUT2D eigenvalue weighted by Gasteiger charge is -2.19. The largest absolute Gasteiger partial charge is 0.353 e. The molecular formula is C14H18F2N2O. The lowest BCUT2D eigenvalue weighted by Crippen LogP contribution is -2.40. The van der Waals surface area contributed by atoms with Crippen molar-refractivity contribution in [1.29, 1.82) is 0 Å². The van der Waals surface area contributed by atoms with Gasteiger partial charge >= 0.3 is 0 Å². The number of hydrogen-bond acceptors (Lipinski definition) is 2. The highest BCUT2D eigenvalue weighted by molar-refractivity contribution is 5.79. The highest BCUT2D eigenvalue weighted by atomic mass is 19.2. The van der Waals surface area contributed by atoms with Crippen LogP contribution in [0.2, 0.25) is 0 Å². The molecule has 3 N–H and O–H groups in total. The Labute approximate surface area is 111 Å². The summed E-state index contributed by atoms with van der Waals surface area (Å²) in [6, 6.07) is 3.93. The van der Waals surface area contributed by atoms with Crippen molar-refractivity contribution >= 4 is 5.91 Å². The normalized spacial score (nSPS) is 22.5. The quantitative estimate of drug-likeness (QED) is 0.874. The first-order valence-electron chi connectivity index (χ1n) is 6.54. The maximum Gasteiger partial charge on any atom is 0.224 e. The van der Waals surface area contributed by atoms with Crippen LogP contribution in [0.25, 0.3) is 0 Å². The van der Waals surface area contributed by atoms with E-state index in [1.165, 1.54) is 12.1 Å². The summed E-state index contributed by atoms with van der Waals surface area (Å²) < 4.78 is 26.5. The Hall–Kier alpha value is -1.49. The predicted octanol–water partition coefficient (Wildman–Crippen LogP) is 1.75. The fourth-order valence-electron chi connectivity index (χ4n) is 2.62. The fraction of sp³-hybridized carbons (Fsp3) is 0.500. The van der Waals surface area contributed by atoms with Crippen LogP contribution in [0.3, 0.4) is 0 Å². The SMILES string of the molecule is NCC1CCCC1NC(=O)Cc1cccc(F)c1F. The van der Waals surface area contributed by atoms with Crippen LogP contribution < -0.4 is 11.1 Å². The Balaban J connectivity index is 1.96. The van der Waals surface area contributed by atoms with E-state index in [0.717, 1.165) is 25.3 Å². The topological polar surface area (TPSA) is 55.1 Å². The molecule has 5 heteroatoms. The van der Waals surface area contributed by atoms with Crippen LogP contribution >= 0.6 is 0 Å². The Morgan fingerprint density at radius 2 is 2.16 bits per heavy atom. The molecule has 0 heterocycles. The molecule has 19 heavy (non-hydrogen) atoms. The van der Waals surface area contributed by atoms with Crippen molar-refractivity contribution in [3.05, 3.63) is 35.4 Å². The number of amides is 1. The summed E-state index contributed by atoms with van der Waals surface area (Å²) in [7, 11) is 0. The van der Waals surface area contributed by atoms with Crippen LogP contribution in [0, 0.1) is 17.6 Å². The molecule has 1 aliphatic carbocycles. The standard InChI is InChI=1S/C14H18F2N2O/c15-11-5-1-3-9(14(11)16)7-13(19)18-12-6-2-4-10(12)8-17/h1,3,5,10,12H,2,4,6-8,17H2,(H,18,19). The summed E-state index contributed by atoms with van der Waals surface area (Å²) in [4.78, 5) is 11.9. The minimum Gasteiger partial charge on any atom is -0.353 e. The smallest absolute Gasteiger partial charge is 0.224 e. The van der Waals surface area contributed by atoms with Crippen LogP contribution in [-0.2, 0) is 11.2 Å². The third kappa shape index (κ3) is 3.29. The van der Waals surface area contributed by atoms with Gasteiger partial charge in [-0.15, -0.1) is 0 Å². The molecule has 1 saturated carbocycles. The lowest BCUT2D eigenvalue weighted by atomic mass is 10.0. The third-order valence-electron chi connectivity index (χ3n) is 3.69. The number of nitrogens with one attached hydrogen (secondary N) is 1. The minimum atomic E-state index is -0.945. The van der Waals surface area contributed by atoms with Crippen molar-refractivity contribution in [2.75, 3.05) is 6.54 Å². The average Bonchev–Trinajstić information content (AvgIpc) is 2.82. The van der Waals surface area contributed by atoms with Crippen LogP contribution in [-0.4, -0.2) is 18.5 Å². The van der Waals surface area contributed by atoms with Gasteiger partial charge in [0.1, 0.15) is 0 Å². The van der Waals surface area contributed by atoms with Gasteiger partial charge in [-0.05, 0) is 31.4 Å². The zero-order chi connectivity index (χ0) is 13.8. The number of carbonyl (C=O) groups is 1. The number of hydrogen-bond donors (Lipinski definition) is 2. The molecule has 1 fully saturated rings. The first kappa shape index (κ1) is 13.9. The Kier molecular flexibility index (Phi) is 4.47. The summed E-state index contributed by atoms with van der Waals surface area (Å²) in [6.07, 6.45) is 2.81. The first-order chi connectivity index (χ1) is 9.11. The second kappa shape index (κ2) is 6.10. The second-order valence-corrected chi connectivity index (χ2v) is 4.99. The van der Waals surface area contributed by atoms with Crippen molar-refractivity contribution in [3.8, 4) is 0 Å². The minimum absolute atomic E-state index is 0.0640. The molecule has 0 aromatic heterocycles. The number of benzene rings is 1. The molecule has 2 atom stereocenters. The van der Waals surface area contributed by atoms with Gasteiger partial charge in [-0.1, -0.05) is 18.6 Å². The van der Waals surface area contributed by atoms with E-state index in [2.05, 4.69) is 5.32 Å². The van der Waals surface area contributed by atoms with E-state index < -0.39 is 11.6 Å². The lowest BCUT2D eigenvalue weighted by molar-refractivity contribution is -0.121. The zero-order valence-corrected chi connectivity index (χ0v) is 10.7. The van der Waals surface area contributed by atoms with Crippen molar-refractivity contribution in [1.82, 2.24) is 5.32 Å². The van der Waals surface area contributed by atoms with E-state index in [4.69, 9.17) is 5.73 Å². The summed E-state index contributed by atoms with van der Waals surface area (Å²) in [5.74, 6) is -1.86. The van der Waals surface area contributed by atoms with Gasteiger partial charge in [-0.25, -0.2) is 8.78 Å². The van der Waals surface area contributed by atoms with Crippen LogP contribution in [0.5, 0.6) is 0 Å². The van der Waals surface area contributed by atoms with Gasteiger partial charge in [0.15, 0.2) is 11.6 Å². The van der Waals surface area contributed by atoms with Crippen LogP contribution in [0.4, 0.5) is 8.78 Å². The van der Waals surface area contributed by atoms with Crippen molar-refractivity contribution in [3.63, 3.8) is 0 Å². The second-order valence-electron chi connectivity index (χ2n) is 4.99. The fourth-order valence-corrected chi connectivity index (χ4v) is 2.62. The molecule has 0 aliphatic heterocycles. The molecule has 0 saturated heterocycles. The highest BCUT2D eigenvalue weighted by Crippen LogP contribution is 2.24. The molecule has 3 nitrogen and oxygen atoms in total. The molecule has 1 aromatic carbocycles. The molecule has 0 spiro atoms. The maximum atomic E-state index is 13.4. The molecule has 104 valence electrons. The van der Waals surface area contributed by atoms with Crippen LogP contribution in [0.1, 0.15) is 24.8 Å². The summed E-state index contributed by atoms with van der Waals surface area (Å²) in [6.45, 7) is 0.541. The summed E-state index contributed by atoms with van der Waals surface area (Å²) >= 11 is 0. The van der Waals surface area contributed by atoms with E-state index in [1.54, 1.807) is 0 Å². The highest BCUT2D eigenvalue weighted by Gasteiger charge is 2.27. The third-order valence-corrected chi connectivity index (χ3v) is 3.69. The van der Waals surface area contributed by atoms with Crippen LogP contribution in [0.15, 0.2) is 18.2 Å². The molecule has 2 rings (SSSR count). The molecule has 1 amide bonds.